The topological polar surface area (TPSA) is 74.7 Å². The Balaban J connectivity index is 2.12. The number of carbonyl (C=O) groups excluding carboxylic acids is 2. The summed E-state index contributed by atoms with van der Waals surface area (Å²) in [5, 5.41) is 9.13. The Morgan fingerprint density at radius 1 is 1.50 bits per heavy atom. The second-order valence-electron chi connectivity index (χ2n) is 4.86. The summed E-state index contributed by atoms with van der Waals surface area (Å²) >= 11 is 0. The molecule has 0 radical (unpaired) electrons. The summed E-state index contributed by atoms with van der Waals surface area (Å²) in [7, 11) is 0. The van der Waals surface area contributed by atoms with Crippen molar-refractivity contribution in [1.82, 2.24) is 4.90 Å². The van der Waals surface area contributed by atoms with E-state index in [1.807, 2.05) is 0 Å². The second-order valence-corrected chi connectivity index (χ2v) is 4.86. The molecule has 1 aliphatic carbocycles. The molecule has 1 atom stereocenters. The molecular weight excluding hydrogens is 210 g/mol. The highest BCUT2D eigenvalue weighted by Crippen LogP contribution is 2.42. The van der Waals surface area contributed by atoms with Crippen LogP contribution in [0.3, 0.4) is 0 Å². The molecule has 0 aromatic heterocycles. The second kappa shape index (κ2) is 3.57. The largest absolute Gasteiger partial charge is 0.481 e. The average molecular weight is 225 g/mol. The molecule has 2 fully saturated rings. The Morgan fingerprint density at radius 2 is 2.12 bits per heavy atom. The summed E-state index contributed by atoms with van der Waals surface area (Å²) in [6.45, 7) is 1.76. The lowest BCUT2D eigenvalue weighted by atomic mass is 9.68. The van der Waals surface area contributed by atoms with Crippen LogP contribution < -0.4 is 0 Å². The average Bonchev–Trinajstić information content (AvgIpc) is 2.36. The molecule has 5 heteroatoms. The van der Waals surface area contributed by atoms with Crippen molar-refractivity contribution in [3.63, 3.8) is 0 Å². The van der Waals surface area contributed by atoms with Crippen molar-refractivity contribution in [3.8, 4) is 0 Å². The van der Waals surface area contributed by atoms with Gasteiger partial charge in [-0.3, -0.25) is 19.3 Å². The van der Waals surface area contributed by atoms with Gasteiger partial charge in [-0.2, -0.15) is 0 Å². The van der Waals surface area contributed by atoms with Gasteiger partial charge in [0.2, 0.25) is 11.8 Å². The van der Waals surface area contributed by atoms with Crippen LogP contribution >= 0.6 is 0 Å². The number of imide groups is 1. The van der Waals surface area contributed by atoms with Gasteiger partial charge in [0, 0.05) is 18.9 Å². The maximum Gasteiger partial charge on any atom is 0.311 e. The normalized spacial score (nSPS) is 28.1. The van der Waals surface area contributed by atoms with Gasteiger partial charge in [-0.15, -0.1) is 0 Å². The van der Waals surface area contributed by atoms with Crippen LogP contribution in [0.1, 0.15) is 32.6 Å². The Morgan fingerprint density at radius 3 is 2.44 bits per heavy atom. The molecule has 0 aromatic carbocycles. The van der Waals surface area contributed by atoms with Gasteiger partial charge in [-0.1, -0.05) is 13.3 Å². The van der Waals surface area contributed by atoms with E-state index in [1.54, 1.807) is 6.92 Å². The van der Waals surface area contributed by atoms with Crippen LogP contribution in [0.5, 0.6) is 0 Å². The molecule has 5 nitrogen and oxygen atoms in total. The number of carbonyl (C=O) groups is 3. The van der Waals surface area contributed by atoms with Crippen LogP contribution in [-0.4, -0.2) is 34.3 Å². The Labute approximate surface area is 93.4 Å². The van der Waals surface area contributed by atoms with Gasteiger partial charge in [0.1, 0.15) is 0 Å². The molecule has 1 saturated heterocycles. The van der Waals surface area contributed by atoms with E-state index in [9.17, 15) is 14.4 Å². The van der Waals surface area contributed by atoms with Gasteiger partial charge in [-0.05, 0) is 12.8 Å². The first-order valence-corrected chi connectivity index (χ1v) is 5.54. The van der Waals surface area contributed by atoms with Crippen molar-refractivity contribution in [1.29, 1.82) is 0 Å². The maximum atomic E-state index is 11.7. The number of rotatable bonds is 3. The first kappa shape index (κ1) is 11.1. The Hall–Kier alpha value is -1.39. The van der Waals surface area contributed by atoms with E-state index < -0.39 is 11.4 Å². The van der Waals surface area contributed by atoms with Gasteiger partial charge in [-0.25, -0.2) is 0 Å². The summed E-state index contributed by atoms with van der Waals surface area (Å²) in [5.41, 5.74) is -0.866. The lowest BCUT2D eigenvalue weighted by Gasteiger charge is -2.39. The van der Waals surface area contributed by atoms with Gasteiger partial charge in [0.05, 0.1) is 5.41 Å². The van der Waals surface area contributed by atoms with Crippen molar-refractivity contribution < 1.29 is 19.5 Å². The number of carboxylic acids is 1. The molecule has 1 unspecified atom stereocenters. The van der Waals surface area contributed by atoms with Crippen molar-refractivity contribution in [2.24, 2.45) is 11.3 Å². The van der Waals surface area contributed by atoms with Crippen molar-refractivity contribution >= 4 is 17.8 Å². The summed E-state index contributed by atoms with van der Waals surface area (Å²) in [5.74, 6) is -1.64. The number of aliphatic carboxylic acids is 1. The molecular formula is C11H15NO4. The minimum absolute atomic E-state index is 0.0599. The molecule has 1 N–H and O–H groups in total. The van der Waals surface area contributed by atoms with Crippen LogP contribution in [0.2, 0.25) is 0 Å². The van der Waals surface area contributed by atoms with Crippen molar-refractivity contribution in [2.45, 2.75) is 32.6 Å². The molecule has 0 aromatic rings. The predicted molar refractivity (Wildman–Crippen MR) is 54.4 cm³/mol. The fourth-order valence-corrected chi connectivity index (χ4v) is 2.36. The molecule has 1 heterocycles. The summed E-state index contributed by atoms with van der Waals surface area (Å²) < 4.78 is 0. The van der Waals surface area contributed by atoms with E-state index in [4.69, 9.17) is 5.11 Å². The number of amides is 2. The minimum atomic E-state index is -0.890. The lowest BCUT2D eigenvalue weighted by molar-refractivity contribution is -0.158. The molecule has 16 heavy (non-hydrogen) atoms. The van der Waals surface area contributed by atoms with E-state index in [0.29, 0.717) is 12.8 Å². The summed E-state index contributed by atoms with van der Waals surface area (Å²) in [6.07, 6.45) is 2.20. The highest BCUT2D eigenvalue weighted by atomic mass is 16.4. The fraction of sp³-hybridized carbons (Fsp3) is 0.727. The third-order valence-corrected chi connectivity index (χ3v) is 3.69. The Bertz CT molecular complexity index is 359. The molecule has 1 saturated carbocycles. The lowest BCUT2D eigenvalue weighted by Crippen LogP contribution is -2.49. The molecule has 2 aliphatic rings. The predicted octanol–water partition coefficient (Wildman–Crippen LogP) is 0.636. The zero-order chi connectivity index (χ0) is 11.9. The number of carboxylic acid groups (broad SMARTS) is 1. The van der Waals surface area contributed by atoms with Crippen molar-refractivity contribution in [2.75, 3.05) is 6.54 Å². The van der Waals surface area contributed by atoms with Crippen LogP contribution in [0, 0.1) is 11.3 Å². The van der Waals surface area contributed by atoms with Crippen LogP contribution in [-0.2, 0) is 14.4 Å². The van der Waals surface area contributed by atoms with E-state index in [1.165, 1.54) is 0 Å². The third kappa shape index (κ3) is 1.50. The van der Waals surface area contributed by atoms with Gasteiger partial charge in [0.25, 0.3) is 0 Å². The molecule has 2 amide bonds. The van der Waals surface area contributed by atoms with E-state index in [-0.39, 0.29) is 30.7 Å². The number of nitrogens with zero attached hydrogens (tertiary/aromatic N) is 1. The van der Waals surface area contributed by atoms with E-state index in [2.05, 4.69) is 0 Å². The standard InChI is InChI=1S/C11H15NO4/c1-7-5-8(13)12(9(7)14)6-11(10(15)16)3-2-4-11/h7H,2-6H2,1H3,(H,15,16). The zero-order valence-electron chi connectivity index (χ0n) is 9.23. The van der Waals surface area contributed by atoms with Crippen LogP contribution in [0.25, 0.3) is 0 Å². The monoisotopic (exact) mass is 225 g/mol. The maximum absolute atomic E-state index is 11.7. The summed E-state index contributed by atoms with van der Waals surface area (Å²) in [4.78, 5) is 35.5. The summed E-state index contributed by atoms with van der Waals surface area (Å²) in [6, 6.07) is 0. The van der Waals surface area contributed by atoms with Crippen LogP contribution in [0.4, 0.5) is 0 Å². The fourth-order valence-electron chi connectivity index (χ4n) is 2.36. The highest BCUT2D eigenvalue weighted by molar-refractivity contribution is 6.03. The molecule has 88 valence electrons. The SMILES string of the molecule is CC1CC(=O)N(CC2(C(=O)O)CCC2)C1=O. The first-order valence-electron chi connectivity index (χ1n) is 5.54. The molecule has 1 aliphatic heterocycles. The quantitative estimate of drug-likeness (QED) is 0.715. The van der Waals surface area contributed by atoms with Gasteiger partial charge >= 0.3 is 5.97 Å². The van der Waals surface area contributed by atoms with Gasteiger partial charge in [0.15, 0.2) is 0 Å². The molecule has 2 rings (SSSR count). The highest BCUT2D eigenvalue weighted by Gasteiger charge is 2.49. The number of hydrogen-bond acceptors (Lipinski definition) is 3. The first-order chi connectivity index (χ1) is 7.46. The van der Waals surface area contributed by atoms with E-state index >= 15 is 0 Å². The zero-order valence-corrected chi connectivity index (χ0v) is 9.23. The van der Waals surface area contributed by atoms with Crippen LogP contribution in [0.15, 0.2) is 0 Å². The Kier molecular flexibility index (Phi) is 2.48. The smallest absolute Gasteiger partial charge is 0.311 e. The van der Waals surface area contributed by atoms with Crippen molar-refractivity contribution in [3.05, 3.63) is 0 Å². The number of hydrogen-bond donors (Lipinski definition) is 1. The van der Waals surface area contributed by atoms with E-state index in [0.717, 1.165) is 11.3 Å². The minimum Gasteiger partial charge on any atom is -0.481 e. The third-order valence-electron chi connectivity index (χ3n) is 3.69. The van der Waals surface area contributed by atoms with Gasteiger partial charge < -0.3 is 5.11 Å². The molecule has 0 spiro atoms. The number of likely N-dealkylation sites (tertiary alicyclic amines) is 1. The molecule has 0 bridgehead atoms.